The lowest BCUT2D eigenvalue weighted by Crippen LogP contribution is -2.45. The summed E-state index contributed by atoms with van der Waals surface area (Å²) in [6.45, 7) is 15.0. The molecular weight excluding hydrogens is 358 g/mol. The maximum Gasteiger partial charge on any atom is 0.425 e. The first-order chi connectivity index (χ1) is 13.1. The Morgan fingerprint density at radius 1 is 0.893 bits per heavy atom. The second-order valence-corrected chi connectivity index (χ2v) is 10.7. The SMILES string of the molecule is C=C1c2ccccc2C2=C(c3ccccc31)C(C)(C)C([Si](=O)NC(C)(C)C)=C2. The largest absolute Gasteiger partial charge is 0.425 e. The summed E-state index contributed by atoms with van der Waals surface area (Å²) in [5, 5.41) is 0.995. The molecule has 0 spiro atoms. The molecule has 0 radical (unpaired) electrons. The average Bonchev–Trinajstić information content (AvgIpc) is 2.84. The molecule has 142 valence electrons. The zero-order valence-electron chi connectivity index (χ0n) is 17.3. The number of nitrogens with one attached hydrogen (secondary N) is 1. The minimum absolute atomic E-state index is 0.197. The van der Waals surface area contributed by atoms with E-state index in [1.807, 2.05) is 0 Å². The van der Waals surface area contributed by atoms with Crippen LogP contribution in [0.25, 0.3) is 16.7 Å². The van der Waals surface area contributed by atoms with Crippen molar-refractivity contribution in [3.05, 3.63) is 88.6 Å². The van der Waals surface area contributed by atoms with Gasteiger partial charge in [0.15, 0.2) is 0 Å². The van der Waals surface area contributed by atoms with Crippen molar-refractivity contribution in [1.29, 1.82) is 0 Å². The number of rotatable bonds is 2. The Morgan fingerprint density at radius 2 is 1.39 bits per heavy atom. The van der Waals surface area contributed by atoms with Gasteiger partial charge < -0.3 is 9.44 Å². The molecule has 0 saturated heterocycles. The number of hydrogen-bond acceptors (Lipinski definition) is 1. The maximum atomic E-state index is 13.4. The number of hydrogen-bond donors (Lipinski definition) is 1. The highest BCUT2D eigenvalue weighted by atomic mass is 28.3. The van der Waals surface area contributed by atoms with Gasteiger partial charge in [0.1, 0.15) is 0 Å². The Bertz CT molecular complexity index is 1080. The van der Waals surface area contributed by atoms with E-state index in [0.29, 0.717) is 0 Å². The molecule has 2 aromatic carbocycles. The van der Waals surface area contributed by atoms with E-state index in [0.717, 1.165) is 21.9 Å². The molecule has 2 nitrogen and oxygen atoms in total. The van der Waals surface area contributed by atoms with E-state index in [9.17, 15) is 4.46 Å². The van der Waals surface area contributed by atoms with E-state index in [1.54, 1.807) is 0 Å². The lowest BCUT2D eigenvalue weighted by molar-refractivity contribution is 0.470. The number of benzene rings is 2. The second-order valence-electron chi connectivity index (χ2n) is 9.25. The lowest BCUT2D eigenvalue weighted by Gasteiger charge is -2.30. The third-order valence-electron chi connectivity index (χ3n) is 5.65. The molecule has 2 aliphatic carbocycles. The molecule has 0 atom stereocenters. The Labute approximate surface area is 169 Å². The molecule has 4 rings (SSSR count). The molecule has 0 aliphatic heterocycles. The third-order valence-corrected chi connectivity index (χ3v) is 7.89. The van der Waals surface area contributed by atoms with Crippen LogP contribution in [-0.4, -0.2) is 14.4 Å². The Hall–Kier alpha value is -2.52. The standard InChI is InChI=1S/C25H27NOSi/c1-16-17-11-7-9-13-19(17)21-15-22(28(27)26-24(2,3)4)25(5,6)23(21)20-14-10-8-12-18(16)20/h7-15,26H,1H2,2-6H3. The van der Waals surface area contributed by atoms with Crippen molar-refractivity contribution in [2.75, 3.05) is 0 Å². The predicted molar refractivity (Wildman–Crippen MR) is 119 cm³/mol. The van der Waals surface area contributed by atoms with E-state index >= 15 is 0 Å². The monoisotopic (exact) mass is 385 g/mol. The van der Waals surface area contributed by atoms with Crippen LogP contribution < -0.4 is 4.98 Å². The van der Waals surface area contributed by atoms with Gasteiger partial charge in [0, 0.05) is 16.2 Å². The summed E-state index contributed by atoms with van der Waals surface area (Å²) in [5.74, 6) is 0. The molecule has 28 heavy (non-hydrogen) atoms. The summed E-state index contributed by atoms with van der Waals surface area (Å²) in [4.78, 5) is 3.33. The zero-order chi connectivity index (χ0) is 20.3. The molecule has 3 heteroatoms. The van der Waals surface area contributed by atoms with Gasteiger partial charge in [-0.15, -0.1) is 0 Å². The van der Waals surface area contributed by atoms with Crippen LogP contribution in [0.1, 0.15) is 56.9 Å². The lowest BCUT2D eigenvalue weighted by atomic mass is 9.79. The summed E-state index contributed by atoms with van der Waals surface area (Å²) in [6, 6.07) is 16.9. The van der Waals surface area contributed by atoms with Crippen LogP contribution in [0.4, 0.5) is 0 Å². The predicted octanol–water partition coefficient (Wildman–Crippen LogP) is 5.78. The van der Waals surface area contributed by atoms with Gasteiger partial charge in [0.2, 0.25) is 0 Å². The van der Waals surface area contributed by atoms with Crippen LogP contribution >= 0.6 is 0 Å². The first-order valence-electron chi connectivity index (χ1n) is 9.79. The van der Waals surface area contributed by atoms with Crippen molar-refractivity contribution in [1.82, 2.24) is 4.98 Å². The molecule has 0 bridgehead atoms. The molecule has 0 heterocycles. The first kappa shape index (κ1) is 18.8. The van der Waals surface area contributed by atoms with Crippen molar-refractivity contribution >= 4 is 25.6 Å². The van der Waals surface area contributed by atoms with Gasteiger partial charge >= 0.3 is 8.84 Å². The Balaban J connectivity index is 1.98. The molecule has 2 aromatic rings. The molecule has 0 fully saturated rings. The highest BCUT2D eigenvalue weighted by Gasteiger charge is 2.43. The van der Waals surface area contributed by atoms with Crippen LogP contribution in [0.3, 0.4) is 0 Å². The first-order valence-corrected chi connectivity index (χ1v) is 11.2. The molecule has 0 unspecified atom stereocenters. The molecule has 0 aromatic heterocycles. The van der Waals surface area contributed by atoms with Crippen molar-refractivity contribution in [3.63, 3.8) is 0 Å². The van der Waals surface area contributed by atoms with Gasteiger partial charge in [-0.05, 0) is 65.8 Å². The van der Waals surface area contributed by atoms with E-state index in [2.05, 4.69) is 101 Å². The van der Waals surface area contributed by atoms with Gasteiger partial charge in [0.25, 0.3) is 0 Å². The summed E-state index contributed by atoms with van der Waals surface area (Å²) in [7, 11) is -2.12. The summed E-state index contributed by atoms with van der Waals surface area (Å²) >= 11 is 0. The number of fused-ring (bicyclic) bond motifs is 4. The van der Waals surface area contributed by atoms with Crippen LogP contribution in [-0.2, 0) is 4.46 Å². The molecule has 0 saturated carbocycles. The maximum absolute atomic E-state index is 13.4. The van der Waals surface area contributed by atoms with Crippen molar-refractivity contribution < 1.29 is 4.46 Å². The van der Waals surface area contributed by atoms with Gasteiger partial charge in [-0.3, -0.25) is 0 Å². The van der Waals surface area contributed by atoms with Crippen molar-refractivity contribution in [2.45, 2.75) is 40.2 Å². The van der Waals surface area contributed by atoms with Crippen molar-refractivity contribution in [3.8, 4) is 0 Å². The summed E-state index contributed by atoms with van der Waals surface area (Å²) < 4.78 is 13.4. The highest BCUT2D eigenvalue weighted by Crippen LogP contribution is 2.55. The topological polar surface area (TPSA) is 29.1 Å². The fourth-order valence-electron chi connectivity index (χ4n) is 4.41. The van der Waals surface area contributed by atoms with E-state index in [-0.39, 0.29) is 11.0 Å². The second kappa shape index (κ2) is 6.25. The van der Waals surface area contributed by atoms with Gasteiger partial charge in [-0.1, -0.05) is 69.0 Å². The van der Waals surface area contributed by atoms with E-state index in [4.69, 9.17) is 0 Å². The van der Waals surface area contributed by atoms with Gasteiger partial charge in [-0.2, -0.15) is 0 Å². The van der Waals surface area contributed by atoms with Gasteiger partial charge in [0.05, 0.1) is 0 Å². The molecular formula is C25H27NOSi. The Morgan fingerprint density at radius 3 is 1.96 bits per heavy atom. The Kier molecular flexibility index (Phi) is 4.20. The summed E-state index contributed by atoms with van der Waals surface area (Å²) in [6.07, 6.45) is 2.17. The third kappa shape index (κ3) is 2.85. The molecule has 0 amide bonds. The minimum atomic E-state index is -2.12. The zero-order valence-corrected chi connectivity index (χ0v) is 18.3. The molecule has 1 N–H and O–H groups in total. The normalized spacial score (nSPS) is 17.3. The van der Waals surface area contributed by atoms with E-state index in [1.165, 1.54) is 22.3 Å². The van der Waals surface area contributed by atoms with Crippen LogP contribution in [0.15, 0.2) is 66.4 Å². The number of allylic oxidation sites excluding steroid dienone is 4. The van der Waals surface area contributed by atoms with Gasteiger partial charge in [-0.25, -0.2) is 0 Å². The van der Waals surface area contributed by atoms with Crippen LogP contribution in [0.5, 0.6) is 0 Å². The van der Waals surface area contributed by atoms with Crippen LogP contribution in [0, 0.1) is 5.41 Å². The van der Waals surface area contributed by atoms with Crippen LogP contribution in [0.2, 0.25) is 0 Å². The van der Waals surface area contributed by atoms with E-state index < -0.39 is 8.84 Å². The average molecular weight is 386 g/mol. The van der Waals surface area contributed by atoms with Crippen molar-refractivity contribution in [2.24, 2.45) is 5.41 Å². The quantitative estimate of drug-likeness (QED) is 0.664. The smallest absolute Gasteiger partial charge is 0.382 e. The highest BCUT2D eigenvalue weighted by molar-refractivity contribution is 6.51. The minimum Gasteiger partial charge on any atom is -0.382 e. The fourth-order valence-corrected chi connectivity index (χ4v) is 6.19. The molecule has 2 aliphatic rings. The fraction of sp³-hybridized carbons (Fsp3) is 0.280. The summed E-state index contributed by atoms with van der Waals surface area (Å²) in [5.41, 5.74) is 7.63.